The number of sulfonamides is 1. The zero-order chi connectivity index (χ0) is 18.7. The third-order valence-electron chi connectivity index (χ3n) is 3.91. The lowest BCUT2D eigenvalue weighted by atomic mass is 10.2. The van der Waals surface area contributed by atoms with Gasteiger partial charge < -0.3 is 4.57 Å². The highest BCUT2D eigenvalue weighted by atomic mass is 32.2. The van der Waals surface area contributed by atoms with Crippen LogP contribution in [0.15, 0.2) is 66.1 Å². The average Bonchev–Trinajstić information content (AvgIpc) is 3.14. The molecule has 9 heteroatoms. The van der Waals surface area contributed by atoms with Crippen LogP contribution in [0.2, 0.25) is 0 Å². The van der Waals surface area contributed by atoms with Crippen molar-refractivity contribution in [3.8, 4) is 5.69 Å². The van der Waals surface area contributed by atoms with E-state index in [9.17, 15) is 18.5 Å². The Morgan fingerprint density at radius 1 is 1.23 bits per heavy atom. The van der Waals surface area contributed by atoms with E-state index in [0.717, 1.165) is 17.3 Å². The normalized spacial score (nSPS) is 11.4. The van der Waals surface area contributed by atoms with Crippen LogP contribution in [-0.2, 0) is 16.6 Å². The number of nitro groups is 1. The molecule has 1 heterocycles. The third kappa shape index (κ3) is 3.63. The van der Waals surface area contributed by atoms with Gasteiger partial charge in [0.2, 0.25) is 10.0 Å². The summed E-state index contributed by atoms with van der Waals surface area (Å²) in [6.45, 7) is 1.60. The molecular weight excluding hydrogens is 356 g/mol. The van der Waals surface area contributed by atoms with Crippen LogP contribution in [0, 0.1) is 17.0 Å². The van der Waals surface area contributed by atoms with Gasteiger partial charge in [-0.05, 0) is 24.6 Å². The largest absolute Gasteiger partial charge is 0.306 e. The predicted molar refractivity (Wildman–Crippen MR) is 95.4 cm³/mol. The Morgan fingerprint density at radius 3 is 2.69 bits per heavy atom. The molecule has 0 aliphatic carbocycles. The second-order valence-electron chi connectivity index (χ2n) is 5.63. The van der Waals surface area contributed by atoms with Gasteiger partial charge in [0.1, 0.15) is 0 Å². The average molecular weight is 372 g/mol. The summed E-state index contributed by atoms with van der Waals surface area (Å²) in [5.74, 6) is 0. The predicted octanol–water partition coefficient (Wildman–Crippen LogP) is 2.57. The van der Waals surface area contributed by atoms with Crippen LogP contribution in [0.1, 0.15) is 11.1 Å². The summed E-state index contributed by atoms with van der Waals surface area (Å²) >= 11 is 0. The Labute approximate surface area is 150 Å². The molecule has 8 nitrogen and oxygen atoms in total. The van der Waals surface area contributed by atoms with Gasteiger partial charge in [-0.15, -0.1) is 0 Å². The first-order valence-corrected chi connectivity index (χ1v) is 9.18. The first-order valence-electron chi connectivity index (χ1n) is 7.69. The number of imidazole rings is 1. The van der Waals surface area contributed by atoms with Crippen LogP contribution < -0.4 is 4.72 Å². The van der Waals surface area contributed by atoms with Crippen LogP contribution in [0.25, 0.3) is 5.69 Å². The molecule has 26 heavy (non-hydrogen) atoms. The first-order chi connectivity index (χ1) is 12.4. The summed E-state index contributed by atoms with van der Waals surface area (Å²) in [7, 11) is -3.90. The molecule has 0 aliphatic heterocycles. The monoisotopic (exact) mass is 372 g/mol. The van der Waals surface area contributed by atoms with Crippen LogP contribution >= 0.6 is 0 Å². The van der Waals surface area contributed by atoms with E-state index in [1.807, 2.05) is 12.1 Å². The molecular formula is C17H16N4O4S. The van der Waals surface area contributed by atoms with Gasteiger partial charge in [0.25, 0.3) is 5.69 Å². The Kier molecular flexibility index (Phi) is 4.83. The minimum atomic E-state index is -3.90. The van der Waals surface area contributed by atoms with Gasteiger partial charge in [-0.1, -0.05) is 24.3 Å². The molecule has 0 aliphatic rings. The summed E-state index contributed by atoms with van der Waals surface area (Å²) < 4.78 is 29.3. The maximum atomic E-state index is 12.5. The smallest absolute Gasteiger partial charge is 0.273 e. The number of hydrogen-bond acceptors (Lipinski definition) is 5. The lowest BCUT2D eigenvalue weighted by molar-refractivity contribution is -0.385. The van der Waals surface area contributed by atoms with E-state index in [-0.39, 0.29) is 17.1 Å². The van der Waals surface area contributed by atoms with Gasteiger partial charge >= 0.3 is 0 Å². The first kappa shape index (κ1) is 17.8. The quantitative estimate of drug-likeness (QED) is 0.528. The van der Waals surface area contributed by atoms with Gasteiger partial charge in [0, 0.05) is 30.6 Å². The fraction of sp³-hybridized carbons (Fsp3) is 0.118. The number of nitrogens with one attached hydrogen (secondary N) is 1. The number of rotatable bonds is 6. The number of nitro benzene ring substituents is 1. The van der Waals surface area contributed by atoms with Crippen molar-refractivity contribution in [2.45, 2.75) is 18.4 Å². The molecule has 0 unspecified atom stereocenters. The molecule has 0 spiro atoms. The third-order valence-corrected chi connectivity index (χ3v) is 5.31. The van der Waals surface area contributed by atoms with Crippen LogP contribution in [-0.4, -0.2) is 22.9 Å². The Hall–Kier alpha value is -3.04. The summed E-state index contributed by atoms with van der Waals surface area (Å²) in [5, 5.41) is 11.0. The van der Waals surface area contributed by atoms with Crippen molar-refractivity contribution in [1.82, 2.24) is 14.3 Å². The summed E-state index contributed by atoms with van der Waals surface area (Å²) in [6.07, 6.45) is 5.01. The highest BCUT2D eigenvalue weighted by Gasteiger charge is 2.20. The van der Waals surface area contributed by atoms with Crippen molar-refractivity contribution in [1.29, 1.82) is 0 Å². The molecule has 1 N–H and O–H groups in total. The zero-order valence-electron chi connectivity index (χ0n) is 13.9. The van der Waals surface area contributed by atoms with E-state index in [2.05, 4.69) is 9.71 Å². The van der Waals surface area contributed by atoms with Crippen molar-refractivity contribution in [2.24, 2.45) is 0 Å². The van der Waals surface area contributed by atoms with Crippen molar-refractivity contribution >= 4 is 15.7 Å². The van der Waals surface area contributed by atoms with Crippen molar-refractivity contribution in [3.63, 3.8) is 0 Å². The summed E-state index contributed by atoms with van der Waals surface area (Å²) in [4.78, 5) is 14.3. The Bertz CT molecular complexity index is 1050. The maximum Gasteiger partial charge on any atom is 0.273 e. The zero-order valence-corrected chi connectivity index (χ0v) is 14.7. The Balaban J connectivity index is 1.86. The van der Waals surface area contributed by atoms with Crippen LogP contribution in [0.4, 0.5) is 5.69 Å². The highest BCUT2D eigenvalue weighted by molar-refractivity contribution is 7.89. The maximum absolute atomic E-state index is 12.5. The Morgan fingerprint density at radius 2 is 2.00 bits per heavy atom. The van der Waals surface area contributed by atoms with E-state index in [4.69, 9.17) is 0 Å². The molecule has 3 aromatic rings. The number of aromatic nitrogens is 2. The van der Waals surface area contributed by atoms with Gasteiger partial charge in [0.05, 0.1) is 21.8 Å². The van der Waals surface area contributed by atoms with Crippen LogP contribution in [0.5, 0.6) is 0 Å². The summed E-state index contributed by atoms with van der Waals surface area (Å²) in [5.41, 5.74) is 1.71. The van der Waals surface area contributed by atoms with E-state index in [0.29, 0.717) is 5.56 Å². The number of nitrogens with zero attached hydrogens (tertiary/aromatic N) is 3. The fourth-order valence-electron chi connectivity index (χ4n) is 2.52. The minimum Gasteiger partial charge on any atom is -0.306 e. The molecule has 0 saturated heterocycles. The SMILES string of the molecule is Cc1ccc(S(=O)(=O)NCc2ccccc2-n2ccnc2)cc1[N+](=O)[O-]. The molecule has 2 aromatic carbocycles. The second-order valence-corrected chi connectivity index (χ2v) is 7.40. The minimum absolute atomic E-state index is 0.0400. The van der Waals surface area contributed by atoms with Gasteiger partial charge in [-0.2, -0.15) is 0 Å². The van der Waals surface area contributed by atoms with Crippen molar-refractivity contribution in [2.75, 3.05) is 0 Å². The molecule has 0 radical (unpaired) electrons. The topological polar surface area (TPSA) is 107 Å². The van der Waals surface area contributed by atoms with Gasteiger partial charge in [-0.3, -0.25) is 10.1 Å². The highest BCUT2D eigenvalue weighted by Crippen LogP contribution is 2.22. The molecule has 0 bridgehead atoms. The van der Waals surface area contributed by atoms with E-state index >= 15 is 0 Å². The van der Waals surface area contributed by atoms with E-state index in [1.54, 1.807) is 42.3 Å². The van der Waals surface area contributed by atoms with E-state index in [1.165, 1.54) is 12.1 Å². The number of hydrogen-bond donors (Lipinski definition) is 1. The molecule has 0 amide bonds. The summed E-state index contributed by atoms with van der Waals surface area (Å²) in [6, 6.07) is 11.1. The second kappa shape index (κ2) is 7.06. The molecule has 1 aromatic heterocycles. The van der Waals surface area contributed by atoms with Crippen molar-refractivity contribution in [3.05, 3.63) is 82.4 Å². The standard InChI is InChI=1S/C17H16N4O4S/c1-13-6-7-15(10-17(13)21(22)23)26(24,25)19-11-14-4-2-3-5-16(14)20-9-8-18-12-20/h2-10,12,19H,11H2,1H3. The van der Waals surface area contributed by atoms with E-state index < -0.39 is 14.9 Å². The molecule has 3 rings (SSSR count). The van der Waals surface area contributed by atoms with Crippen molar-refractivity contribution < 1.29 is 13.3 Å². The van der Waals surface area contributed by atoms with Gasteiger partial charge in [0.15, 0.2) is 0 Å². The van der Waals surface area contributed by atoms with Gasteiger partial charge in [-0.25, -0.2) is 18.1 Å². The molecule has 0 saturated carbocycles. The fourth-order valence-corrected chi connectivity index (χ4v) is 3.55. The number of aryl methyl sites for hydroxylation is 1. The molecule has 0 atom stereocenters. The lowest BCUT2D eigenvalue weighted by Crippen LogP contribution is -2.24. The number of para-hydroxylation sites is 1. The lowest BCUT2D eigenvalue weighted by Gasteiger charge is -2.12. The molecule has 134 valence electrons. The molecule has 0 fully saturated rings. The van der Waals surface area contributed by atoms with Crippen LogP contribution in [0.3, 0.4) is 0 Å². The number of benzene rings is 2.